The molecule has 0 aliphatic carbocycles. The number of sulfone groups is 1. The van der Waals surface area contributed by atoms with Crippen LogP contribution in [-0.2, 0) is 9.84 Å². The van der Waals surface area contributed by atoms with Gasteiger partial charge in [0.05, 0.1) is 10.6 Å². The Hall–Kier alpha value is -1.72. The van der Waals surface area contributed by atoms with Gasteiger partial charge in [-0.1, -0.05) is 36.4 Å². The third-order valence-corrected chi connectivity index (χ3v) is 4.59. The minimum atomic E-state index is -3.52. The van der Waals surface area contributed by atoms with Gasteiger partial charge in [0.2, 0.25) is 0 Å². The topological polar surface area (TPSA) is 60.2 Å². The molecule has 0 aliphatic rings. The summed E-state index contributed by atoms with van der Waals surface area (Å²) in [5, 5.41) is 0. The quantitative estimate of drug-likeness (QED) is 0.934. The lowest BCUT2D eigenvalue weighted by atomic mass is 10.1. The Morgan fingerprint density at radius 3 is 2.21 bits per heavy atom. The summed E-state index contributed by atoms with van der Waals surface area (Å²) in [6, 6.07) is 13.1. The highest BCUT2D eigenvalue weighted by Crippen LogP contribution is 2.20. The molecular weight excluding hydrogens is 265 g/mol. The molecule has 19 heavy (non-hydrogen) atoms. The van der Waals surface area contributed by atoms with E-state index in [4.69, 9.17) is 5.73 Å². The van der Waals surface area contributed by atoms with Gasteiger partial charge in [-0.2, -0.15) is 0 Å². The first-order valence-corrected chi connectivity index (χ1v) is 7.44. The summed E-state index contributed by atoms with van der Waals surface area (Å²) in [5.41, 5.74) is 6.01. The number of hydrogen-bond donors (Lipinski definition) is 1. The SMILES string of the molecule is NC(CS(=O)(=O)c1ccccc1)c1ccccc1F. The second-order valence-electron chi connectivity index (χ2n) is 4.22. The maximum absolute atomic E-state index is 13.5. The van der Waals surface area contributed by atoms with Gasteiger partial charge in [-0.3, -0.25) is 0 Å². The van der Waals surface area contributed by atoms with Crippen LogP contribution < -0.4 is 5.73 Å². The average Bonchev–Trinajstić information content (AvgIpc) is 2.39. The van der Waals surface area contributed by atoms with E-state index in [0.717, 1.165) is 0 Å². The lowest BCUT2D eigenvalue weighted by Crippen LogP contribution is -2.22. The van der Waals surface area contributed by atoms with Crippen molar-refractivity contribution in [1.82, 2.24) is 0 Å². The Morgan fingerprint density at radius 2 is 1.58 bits per heavy atom. The van der Waals surface area contributed by atoms with Crippen molar-refractivity contribution >= 4 is 9.84 Å². The fourth-order valence-electron chi connectivity index (χ4n) is 1.83. The predicted octanol–water partition coefficient (Wildman–Crippen LogP) is 2.30. The van der Waals surface area contributed by atoms with Gasteiger partial charge in [-0.25, -0.2) is 12.8 Å². The number of benzene rings is 2. The van der Waals surface area contributed by atoms with Gasteiger partial charge in [0.15, 0.2) is 9.84 Å². The molecule has 0 bridgehead atoms. The summed E-state index contributed by atoms with van der Waals surface area (Å²) < 4.78 is 37.8. The lowest BCUT2D eigenvalue weighted by Gasteiger charge is -2.13. The summed E-state index contributed by atoms with van der Waals surface area (Å²) in [6.07, 6.45) is 0. The van der Waals surface area contributed by atoms with E-state index in [1.165, 1.54) is 30.3 Å². The highest BCUT2D eigenvalue weighted by Gasteiger charge is 2.21. The van der Waals surface area contributed by atoms with Crippen molar-refractivity contribution < 1.29 is 12.8 Å². The predicted molar refractivity (Wildman–Crippen MR) is 71.8 cm³/mol. The van der Waals surface area contributed by atoms with Crippen molar-refractivity contribution in [3.63, 3.8) is 0 Å². The van der Waals surface area contributed by atoms with Crippen LogP contribution in [0.5, 0.6) is 0 Å². The average molecular weight is 279 g/mol. The zero-order valence-corrected chi connectivity index (χ0v) is 11.0. The molecule has 5 heteroatoms. The van der Waals surface area contributed by atoms with Crippen molar-refractivity contribution in [2.24, 2.45) is 5.73 Å². The summed E-state index contributed by atoms with van der Waals surface area (Å²) in [7, 11) is -3.52. The fraction of sp³-hybridized carbons (Fsp3) is 0.143. The minimum absolute atomic E-state index is 0.196. The molecule has 0 aromatic heterocycles. The lowest BCUT2D eigenvalue weighted by molar-refractivity contribution is 0.575. The van der Waals surface area contributed by atoms with Crippen LogP contribution in [0.4, 0.5) is 4.39 Å². The van der Waals surface area contributed by atoms with Gasteiger partial charge >= 0.3 is 0 Å². The Bertz CT molecular complexity index is 656. The molecular formula is C14H14FNO2S. The van der Waals surface area contributed by atoms with Crippen LogP contribution in [-0.4, -0.2) is 14.2 Å². The molecule has 2 rings (SSSR count). The van der Waals surface area contributed by atoms with Gasteiger partial charge < -0.3 is 5.73 Å². The highest BCUT2D eigenvalue weighted by molar-refractivity contribution is 7.91. The fourth-order valence-corrected chi connectivity index (χ4v) is 3.24. The summed E-state index contributed by atoms with van der Waals surface area (Å²) in [6.45, 7) is 0. The van der Waals surface area contributed by atoms with Crippen LogP contribution in [0.3, 0.4) is 0 Å². The van der Waals surface area contributed by atoms with Crippen LogP contribution in [0, 0.1) is 5.82 Å². The zero-order chi connectivity index (χ0) is 13.9. The van der Waals surface area contributed by atoms with Crippen LogP contribution in [0.2, 0.25) is 0 Å². The highest BCUT2D eigenvalue weighted by atomic mass is 32.2. The second-order valence-corrected chi connectivity index (χ2v) is 6.26. The maximum Gasteiger partial charge on any atom is 0.180 e. The molecule has 0 amide bonds. The normalized spacial score (nSPS) is 13.2. The monoisotopic (exact) mass is 279 g/mol. The third kappa shape index (κ3) is 3.19. The van der Waals surface area contributed by atoms with Gasteiger partial charge in [0, 0.05) is 11.6 Å². The van der Waals surface area contributed by atoms with Crippen molar-refractivity contribution in [2.75, 3.05) is 5.75 Å². The van der Waals surface area contributed by atoms with Crippen molar-refractivity contribution in [3.8, 4) is 0 Å². The third-order valence-electron chi connectivity index (χ3n) is 2.81. The molecule has 3 nitrogen and oxygen atoms in total. The summed E-state index contributed by atoms with van der Waals surface area (Å²) in [4.78, 5) is 0.196. The summed E-state index contributed by atoms with van der Waals surface area (Å²) in [5.74, 6) is -0.809. The molecule has 2 aromatic carbocycles. The van der Waals surface area contributed by atoms with E-state index >= 15 is 0 Å². The molecule has 1 atom stereocenters. The Morgan fingerprint density at radius 1 is 1.00 bits per heavy atom. The Balaban J connectivity index is 2.24. The molecule has 100 valence electrons. The number of hydrogen-bond acceptors (Lipinski definition) is 3. The first-order chi connectivity index (χ1) is 9.00. The summed E-state index contributed by atoms with van der Waals surface area (Å²) >= 11 is 0. The molecule has 2 N–H and O–H groups in total. The van der Waals surface area contributed by atoms with E-state index in [2.05, 4.69) is 0 Å². The molecule has 0 fully saturated rings. The maximum atomic E-state index is 13.5. The van der Waals surface area contributed by atoms with E-state index < -0.39 is 21.7 Å². The molecule has 2 aromatic rings. The van der Waals surface area contributed by atoms with Crippen LogP contribution >= 0.6 is 0 Å². The van der Waals surface area contributed by atoms with Gasteiger partial charge in [-0.15, -0.1) is 0 Å². The Labute approximate surface area is 111 Å². The van der Waals surface area contributed by atoms with E-state index in [1.54, 1.807) is 24.3 Å². The molecule has 0 saturated heterocycles. The largest absolute Gasteiger partial charge is 0.323 e. The molecule has 0 spiro atoms. The number of halogens is 1. The van der Waals surface area contributed by atoms with E-state index in [1.807, 2.05) is 0 Å². The minimum Gasteiger partial charge on any atom is -0.323 e. The standard InChI is InChI=1S/C14H14FNO2S/c15-13-9-5-4-8-12(13)14(16)10-19(17,18)11-6-2-1-3-7-11/h1-9,14H,10,16H2. The van der Waals surface area contributed by atoms with Gasteiger partial charge in [0.25, 0.3) is 0 Å². The first-order valence-electron chi connectivity index (χ1n) is 5.78. The first kappa shape index (κ1) is 13.7. The van der Waals surface area contributed by atoms with Crippen molar-refractivity contribution in [3.05, 3.63) is 66.0 Å². The molecule has 1 unspecified atom stereocenters. The molecule has 0 saturated carbocycles. The number of nitrogens with two attached hydrogens (primary N) is 1. The smallest absolute Gasteiger partial charge is 0.180 e. The van der Waals surface area contributed by atoms with E-state index in [9.17, 15) is 12.8 Å². The molecule has 0 aliphatic heterocycles. The molecule has 0 heterocycles. The van der Waals surface area contributed by atoms with Crippen LogP contribution in [0.15, 0.2) is 59.5 Å². The number of rotatable bonds is 4. The van der Waals surface area contributed by atoms with E-state index in [0.29, 0.717) is 0 Å². The Kier molecular flexibility index (Phi) is 3.97. The molecule has 0 radical (unpaired) electrons. The van der Waals surface area contributed by atoms with Gasteiger partial charge in [-0.05, 0) is 18.2 Å². The van der Waals surface area contributed by atoms with Crippen LogP contribution in [0.25, 0.3) is 0 Å². The van der Waals surface area contributed by atoms with E-state index in [-0.39, 0.29) is 16.2 Å². The van der Waals surface area contributed by atoms with Crippen LogP contribution in [0.1, 0.15) is 11.6 Å². The van der Waals surface area contributed by atoms with Crippen molar-refractivity contribution in [2.45, 2.75) is 10.9 Å². The second kappa shape index (κ2) is 5.50. The zero-order valence-electron chi connectivity index (χ0n) is 10.2. The van der Waals surface area contributed by atoms with Crippen molar-refractivity contribution in [1.29, 1.82) is 0 Å². The van der Waals surface area contributed by atoms with Gasteiger partial charge in [0.1, 0.15) is 5.82 Å².